The molecule has 0 saturated heterocycles. The summed E-state index contributed by atoms with van der Waals surface area (Å²) in [7, 11) is 0. The first-order valence-electron chi connectivity index (χ1n) is 5.34. The van der Waals surface area contributed by atoms with E-state index in [1.807, 2.05) is 6.92 Å². The van der Waals surface area contributed by atoms with Crippen LogP contribution in [0.1, 0.15) is 23.6 Å². The zero-order chi connectivity index (χ0) is 10.8. The second-order valence-corrected chi connectivity index (χ2v) is 4.04. The van der Waals surface area contributed by atoms with Crippen molar-refractivity contribution in [3.8, 4) is 0 Å². The summed E-state index contributed by atoms with van der Waals surface area (Å²) in [6.07, 6.45) is 4.21. The molecule has 2 aromatic rings. The molecule has 0 heterocycles. The molecule has 15 heavy (non-hydrogen) atoms. The lowest BCUT2D eigenvalue weighted by atomic mass is 10.0. The van der Waals surface area contributed by atoms with Crippen molar-refractivity contribution in [3.05, 3.63) is 53.1 Å². The standard InChI is InChI=1S/C15H16/c1-4-5-13-6-7-14-8-11(2)12(3)9-15(14)10-13/h4-10H,1-3H3/b5-4+. The summed E-state index contributed by atoms with van der Waals surface area (Å²) < 4.78 is 0. The van der Waals surface area contributed by atoms with E-state index in [0.717, 1.165) is 0 Å². The first-order valence-corrected chi connectivity index (χ1v) is 5.34. The monoisotopic (exact) mass is 196 g/mol. The molecule has 76 valence electrons. The molecule has 2 rings (SSSR count). The van der Waals surface area contributed by atoms with Gasteiger partial charge in [-0.25, -0.2) is 0 Å². The van der Waals surface area contributed by atoms with Crippen LogP contribution in [0, 0.1) is 13.8 Å². The van der Waals surface area contributed by atoms with Gasteiger partial charge in [0.15, 0.2) is 0 Å². The average Bonchev–Trinajstić information content (AvgIpc) is 2.21. The predicted octanol–water partition coefficient (Wildman–Crippen LogP) is 4.49. The van der Waals surface area contributed by atoms with Crippen LogP contribution in [-0.2, 0) is 0 Å². The van der Waals surface area contributed by atoms with E-state index in [2.05, 4.69) is 56.3 Å². The first-order chi connectivity index (χ1) is 7.20. The third kappa shape index (κ3) is 1.94. The first kappa shape index (κ1) is 9.97. The van der Waals surface area contributed by atoms with Crippen LogP contribution in [0.2, 0.25) is 0 Å². The molecule has 0 radical (unpaired) electrons. The molecule has 0 amide bonds. The Balaban J connectivity index is 2.66. The van der Waals surface area contributed by atoms with Crippen LogP contribution >= 0.6 is 0 Å². The third-order valence-corrected chi connectivity index (χ3v) is 2.84. The van der Waals surface area contributed by atoms with Gasteiger partial charge in [-0.05, 0) is 54.3 Å². The van der Waals surface area contributed by atoms with E-state index in [0.29, 0.717) is 0 Å². The number of rotatable bonds is 1. The summed E-state index contributed by atoms with van der Waals surface area (Å²) in [6.45, 7) is 6.37. The Morgan fingerprint density at radius 1 is 0.867 bits per heavy atom. The minimum absolute atomic E-state index is 1.27. The van der Waals surface area contributed by atoms with Gasteiger partial charge in [-0.1, -0.05) is 36.4 Å². The van der Waals surface area contributed by atoms with Gasteiger partial charge in [-0.3, -0.25) is 0 Å². The lowest BCUT2D eigenvalue weighted by molar-refractivity contribution is 1.36. The molecule has 0 bridgehead atoms. The van der Waals surface area contributed by atoms with Crippen LogP contribution in [0.25, 0.3) is 16.8 Å². The lowest BCUT2D eigenvalue weighted by Crippen LogP contribution is -1.82. The highest BCUT2D eigenvalue weighted by Gasteiger charge is 1.98. The van der Waals surface area contributed by atoms with E-state index in [-0.39, 0.29) is 0 Å². The highest BCUT2D eigenvalue weighted by atomic mass is 14.0. The maximum Gasteiger partial charge on any atom is -0.0175 e. The van der Waals surface area contributed by atoms with Crippen LogP contribution in [0.3, 0.4) is 0 Å². The minimum atomic E-state index is 1.27. The Morgan fingerprint density at radius 3 is 2.20 bits per heavy atom. The van der Waals surface area contributed by atoms with Gasteiger partial charge in [-0.15, -0.1) is 0 Å². The average molecular weight is 196 g/mol. The van der Waals surface area contributed by atoms with E-state index in [1.165, 1.54) is 27.5 Å². The van der Waals surface area contributed by atoms with Gasteiger partial charge in [-0.2, -0.15) is 0 Å². The predicted molar refractivity (Wildman–Crippen MR) is 68.1 cm³/mol. The Bertz CT molecular complexity index is 519. The van der Waals surface area contributed by atoms with Crippen molar-refractivity contribution in [2.75, 3.05) is 0 Å². The smallest absolute Gasteiger partial charge is 0.0175 e. The molecule has 2 aromatic carbocycles. The van der Waals surface area contributed by atoms with Crippen molar-refractivity contribution in [1.82, 2.24) is 0 Å². The molecular weight excluding hydrogens is 180 g/mol. The van der Waals surface area contributed by atoms with Gasteiger partial charge in [0.1, 0.15) is 0 Å². The summed E-state index contributed by atoms with van der Waals surface area (Å²) in [4.78, 5) is 0. The fourth-order valence-corrected chi connectivity index (χ4v) is 1.84. The van der Waals surface area contributed by atoms with Gasteiger partial charge in [0.05, 0.1) is 0 Å². The Kier molecular flexibility index (Phi) is 2.59. The molecule has 0 nitrogen and oxygen atoms in total. The Hall–Kier alpha value is -1.56. The van der Waals surface area contributed by atoms with Crippen molar-refractivity contribution in [2.45, 2.75) is 20.8 Å². The summed E-state index contributed by atoms with van der Waals surface area (Å²) in [5.74, 6) is 0. The molecule has 0 aromatic heterocycles. The number of allylic oxidation sites excluding steroid dienone is 1. The SMILES string of the molecule is C/C=C/c1ccc2cc(C)c(C)cc2c1. The van der Waals surface area contributed by atoms with E-state index < -0.39 is 0 Å². The van der Waals surface area contributed by atoms with Crippen LogP contribution in [-0.4, -0.2) is 0 Å². The van der Waals surface area contributed by atoms with Gasteiger partial charge in [0.2, 0.25) is 0 Å². The van der Waals surface area contributed by atoms with Crippen molar-refractivity contribution in [1.29, 1.82) is 0 Å². The summed E-state index contributed by atoms with van der Waals surface area (Å²) >= 11 is 0. The van der Waals surface area contributed by atoms with E-state index >= 15 is 0 Å². The third-order valence-electron chi connectivity index (χ3n) is 2.84. The van der Waals surface area contributed by atoms with Gasteiger partial charge >= 0.3 is 0 Å². The van der Waals surface area contributed by atoms with Crippen molar-refractivity contribution in [2.24, 2.45) is 0 Å². The maximum atomic E-state index is 2.26. The van der Waals surface area contributed by atoms with Crippen LogP contribution in [0.5, 0.6) is 0 Å². The second kappa shape index (κ2) is 3.90. The van der Waals surface area contributed by atoms with Crippen LogP contribution in [0.4, 0.5) is 0 Å². The summed E-state index contributed by atoms with van der Waals surface area (Å²) in [5, 5.41) is 2.65. The van der Waals surface area contributed by atoms with Crippen molar-refractivity contribution >= 4 is 16.8 Å². The van der Waals surface area contributed by atoms with Crippen molar-refractivity contribution in [3.63, 3.8) is 0 Å². The second-order valence-electron chi connectivity index (χ2n) is 4.04. The topological polar surface area (TPSA) is 0 Å². The quantitative estimate of drug-likeness (QED) is 0.630. The van der Waals surface area contributed by atoms with Gasteiger partial charge in [0, 0.05) is 0 Å². The zero-order valence-electron chi connectivity index (χ0n) is 9.54. The normalized spacial score (nSPS) is 11.4. The number of hydrogen-bond donors (Lipinski definition) is 0. The maximum absolute atomic E-state index is 2.26. The highest BCUT2D eigenvalue weighted by molar-refractivity contribution is 5.86. The minimum Gasteiger partial charge on any atom is -0.0871 e. The zero-order valence-corrected chi connectivity index (χ0v) is 9.54. The summed E-state index contributed by atoms with van der Waals surface area (Å²) in [5.41, 5.74) is 4.00. The molecule has 0 aliphatic heterocycles. The number of fused-ring (bicyclic) bond motifs is 1. The Morgan fingerprint density at radius 2 is 1.53 bits per heavy atom. The van der Waals surface area contributed by atoms with Crippen molar-refractivity contribution < 1.29 is 0 Å². The highest BCUT2D eigenvalue weighted by Crippen LogP contribution is 2.21. The molecule has 0 heteroatoms. The molecule has 0 spiro atoms. The fourth-order valence-electron chi connectivity index (χ4n) is 1.84. The molecular formula is C15H16. The van der Waals surface area contributed by atoms with Gasteiger partial charge < -0.3 is 0 Å². The fraction of sp³-hybridized carbons (Fsp3) is 0.200. The summed E-state index contributed by atoms with van der Waals surface area (Å²) in [6, 6.07) is 11.1. The van der Waals surface area contributed by atoms with Crippen LogP contribution < -0.4 is 0 Å². The number of benzene rings is 2. The molecule has 0 atom stereocenters. The molecule has 0 saturated carbocycles. The lowest BCUT2D eigenvalue weighted by Gasteiger charge is -2.04. The van der Waals surface area contributed by atoms with E-state index in [4.69, 9.17) is 0 Å². The molecule has 0 aliphatic carbocycles. The molecule has 0 unspecified atom stereocenters. The van der Waals surface area contributed by atoms with Crippen LogP contribution in [0.15, 0.2) is 36.4 Å². The van der Waals surface area contributed by atoms with E-state index in [1.54, 1.807) is 0 Å². The number of aryl methyl sites for hydroxylation is 2. The molecule has 0 aliphatic rings. The van der Waals surface area contributed by atoms with Gasteiger partial charge in [0.25, 0.3) is 0 Å². The van der Waals surface area contributed by atoms with E-state index in [9.17, 15) is 0 Å². The number of hydrogen-bond acceptors (Lipinski definition) is 0. The largest absolute Gasteiger partial charge is 0.0871 e. The molecule has 0 fully saturated rings. The molecule has 0 N–H and O–H groups in total. The Labute approximate surface area is 91.2 Å².